The highest BCUT2D eigenvalue weighted by atomic mass is 16.5. The van der Waals surface area contributed by atoms with Crippen LogP contribution in [0, 0.1) is 0 Å². The van der Waals surface area contributed by atoms with E-state index in [4.69, 9.17) is 9.47 Å². The van der Waals surface area contributed by atoms with Crippen molar-refractivity contribution in [3.05, 3.63) is 76.3 Å². The number of carbonyl (C=O) groups is 1. The van der Waals surface area contributed by atoms with Gasteiger partial charge in [0.25, 0.3) is 5.91 Å². The number of nitrogens with zero attached hydrogens (tertiary/aromatic N) is 1. The molecule has 0 radical (unpaired) electrons. The number of rotatable bonds is 7. The molecule has 0 atom stereocenters. The third kappa shape index (κ3) is 4.76. The number of ether oxygens (including phenoxy) is 2. The number of carbonyl (C=O) groups excluding carboxylic acids is 1. The zero-order valence-electron chi connectivity index (χ0n) is 15.7. The number of hydrogen-bond donors (Lipinski definition) is 2. The highest BCUT2D eigenvalue weighted by Crippen LogP contribution is 2.20. The number of aromatic amines is 1. The Bertz CT molecular complexity index is 1010. The van der Waals surface area contributed by atoms with Gasteiger partial charge in [-0.2, -0.15) is 4.98 Å². The van der Waals surface area contributed by atoms with E-state index in [1.165, 1.54) is 0 Å². The van der Waals surface area contributed by atoms with E-state index < -0.39 is 5.69 Å². The molecule has 1 aromatic heterocycles. The lowest BCUT2D eigenvalue weighted by atomic mass is 10.1. The predicted octanol–water partition coefficient (Wildman–Crippen LogP) is 2.43. The summed E-state index contributed by atoms with van der Waals surface area (Å²) in [5.41, 5.74) is 1.77. The summed E-state index contributed by atoms with van der Waals surface area (Å²) in [4.78, 5) is 30.8. The van der Waals surface area contributed by atoms with Crippen LogP contribution in [0.25, 0.3) is 11.3 Å². The molecule has 2 aromatic carbocycles. The fourth-order valence-corrected chi connectivity index (χ4v) is 2.73. The van der Waals surface area contributed by atoms with Gasteiger partial charge in [0.1, 0.15) is 17.2 Å². The van der Waals surface area contributed by atoms with Crippen molar-refractivity contribution in [3.63, 3.8) is 0 Å². The van der Waals surface area contributed by atoms with Crippen molar-refractivity contribution in [2.45, 2.75) is 6.42 Å². The standard InChI is InChI=1S/C21H21N3O4/c1-27-16-8-6-15(7-9-16)18-13-19(24-21(26)23-18)20(25)22-11-10-14-4-3-5-17(12-14)28-2/h3-9,12-13H,10-11H2,1-2H3,(H,22,25)(H,23,24,26). The molecule has 0 aliphatic carbocycles. The quantitative estimate of drug-likeness (QED) is 0.658. The van der Waals surface area contributed by atoms with Crippen molar-refractivity contribution in [2.75, 3.05) is 20.8 Å². The largest absolute Gasteiger partial charge is 0.497 e. The van der Waals surface area contributed by atoms with E-state index in [1.807, 2.05) is 24.3 Å². The van der Waals surface area contributed by atoms with Crippen LogP contribution in [0.3, 0.4) is 0 Å². The molecule has 7 heteroatoms. The molecular formula is C21H21N3O4. The van der Waals surface area contributed by atoms with Crippen LogP contribution in [-0.2, 0) is 6.42 Å². The lowest BCUT2D eigenvalue weighted by Crippen LogP contribution is -2.29. The fraction of sp³-hybridized carbons (Fsp3) is 0.190. The van der Waals surface area contributed by atoms with E-state index in [0.717, 1.165) is 16.9 Å². The summed E-state index contributed by atoms with van der Waals surface area (Å²) >= 11 is 0. The third-order valence-corrected chi connectivity index (χ3v) is 4.21. The topological polar surface area (TPSA) is 93.3 Å². The molecule has 28 heavy (non-hydrogen) atoms. The third-order valence-electron chi connectivity index (χ3n) is 4.21. The molecule has 0 bridgehead atoms. The maximum absolute atomic E-state index is 12.4. The van der Waals surface area contributed by atoms with Crippen molar-refractivity contribution >= 4 is 5.91 Å². The first kappa shape index (κ1) is 19.2. The van der Waals surface area contributed by atoms with Gasteiger partial charge in [0.15, 0.2) is 0 Å². The average molecular weight is 379 g/mol. The summed E-state index contributed by atoms with van der Waals surface area (Å²) in [5.74, 6) is 1.10. The molecule has 0 saturated carbocycles. The Kier molecular flexibility index (Phi) is 6.06. The normalized spacial score (nSPS) is 10.4. The van der Waals surface area contributed by atoms with Crippen molar-refractivity contribution in [1.82, 2.24) is 15.3 Å². The summed E-state index contributed by atoms with van der Waals surface area (Å²) in [6.07, 6.45) is 0.642. The summed E-state index contributed by atoms with van der Waals surface area (Å²) in [6, 6.07) is 16.3. The van der Waals surface area contributed by atoms with Gasteiger partial charge in [-0.15, -0.1) is 0 Å². The number of methoxy groups -OCH3 is 2. The second kappa shape index (κ2) is 8.85. The van der Waals surface area contributed by atoms with Gasteiger partial charge in [0, 0.05) is 12.1 Å². The van der Waals surface area contributed by atoms with Crippen LogP contribution in [0.15, 0.2) is 59.4 Å². The minimum absolute atomic E-state index is 0.163. The molecule has 1 amide bonds. The van der Waals surface area contributed by atoms with Crippen molar-refractivity contribution < 1.29 is 14.3 Å². The first-order valence-electron chi connectivity index (χ1n) is 8.76. The van der Waals surface area contributed by atoms with Gasteiger partial charge >= 0.3 is 5.69 Å². The Morgan fingerprint density at radius 2 is 1.79 bits per heavy atom. The van der Waals surface area contributed by atoms with Crippen LogP contribution in [0.1, 0.15) is 16.1 Å². The molecule has 1 heterocycles. The fourth-order valence-electron chi connectivity index (χ4n) is 2.73. The summed E-state index contributed by atoms with van der Waals surface area (Å²) in [7, 11) is 3.19. The zero-order valence-corrected chi connectivity index (χ0v) is 15.7. The van der Waals surface area contributed by atoms with Gasteiger partial charge in [-0.25, -0.2) is 4.79 Å². The van der Waals surface area contributed by atoms with E-state index in [9.17, 15) is 9.59 Å². The number of aromatic nitrogens is 2. The zero-order chi connectivity index (χ0) is 19.9. The van der Waals surface area contributed by atoms with E-state index in [2.05, 4.69) is 15.3 Å². The minimum atomic E-state index is -0.578. The maximum Gasteiger partial charge on any atom is 0.346 e. The van der Waals surface area contributed by atoms with E-state index >= 15 is 0 Å². The molecule has 2 N–H and O–H groups in total. The second-order valence-corrected chi connectivity index (χ2v) is 6.07. The first-order chi connectivity index (χ1) is 13.6. The first-order valence-corrected chi connectivity index (χ1v) is 8.76. The molecule has 144 valence electrons. The predicted molar refractivity (Wildman–Crippen MR) is 106 cm³/mol. The van der Waals surface area contributed by atoms with Crippen LogP contribution >= 0.6 is 0 Å². The van der Waals surface area contributed by atoms with Crippen LogP contribution in [0.2, 0.25) is 0 Å². The van der Waals surface area contributed by atoms with Gasteiger partial charge in [0.05, 0.1) is 19.9 Å². The van der Waals surface area contributed by atoms with E-state index in [1.54, 1.807) is 44.6 Å². The molecule has 0 aliphatic heterocycles. The molecule has 0 fully saturated rings. The monoisotopic (exact) mass is 379 g/mol. The Hall–Kier alpha value is -3.61. The number of hydrogen-bond acceptors (Lipinski definition) is 5. The Labute approximate surface area is 162 Å². The molecule has 0 aliphatic rings. The van der Waals surface area contributed by atoms with Crippen LogP contribution < -0.4 is 20.5 Å². The smallest absolute Gasteiger partial charge is 0.346 e. The van der Waals surface area contributed by atoms with Crippen LogP contribution in [0.5, 0.6) is 11.5 Å². The van der Waals surface area contributed by atoms with Gasteiger partial charge in [0.2, 0.25) is 0 Å². The number of nitrogens with one attached hydrogen (secondary N) is 2. The highest BCUT2D eigenvalue weighted by Gasteiger charge is 2.11. The molecule has 0 saturated heterocycles. The number of H-pyrrole nitrogens is 1. The lowest BCUT2D eigenvalue weighted by Gasteiger charge is -2.08. The SMILES string of the molecule is COc1ccc(-c2cc(C(=O)NCCc3cccc(OC)c3)[nH]c(=O)n2)cc1. The minimum Gasteiger partial charge on any atom is -0.497 e. The molecular weight excluding hydrogens is 358 g/mol. The molecule has 0 spiro atoms. The lowest BCUT2D eigenvalue weighted by molar-refractivity contribution is 0.0948. The van der Waals surface area contributed by atoms with Crippen LogP contribution in [0.4, 0.5) is 0 Å². The molecule has 3 rings (SSSR count). The Morgan fingerprint density at radius 1 is 1.04 bits per heavy atom. The van der Waals surface area contributed by atoms with Gasteiger partial charge in [-0.1, -0.05) is 12.1 Å². The van der Waals surface area contributed by atoms with Crippen molar-refractivity contribution in [1.29, 1.82) is 0 Å². The second-order valence-electron chi connectivity index (χ2n) is 6.07. The van der Waals surface area contributed by atoms with E-state index in [-0.39, 0.29) is 11.6 Å². The number of benzene rings is 2. The summed E-state index contributed by atoms with van der Waals surface area (Å²) in [6.45, 7) is 0.425. The van der Waals surface area contributed by atoms with Gasteiger partial charge in [-0.05, 0) is 54.4 Å². The van der Waals surface area contributed by atoms with Gasteiger partial charge in [-0.3, -0.25) is 4.79 Å². The molecule has 3 aromatic rings. The van der Waals surface area contributed by atoms with Crippen molar-refractivity contribution in [3.8, 4) is 22.8 Å². The van der Waals surface area contributed by atoms with E-state index in [0.29, 0.717) is 24.4 Å². The average Bonchev–Trinajstić information content (AvgIpc) is 2.73. The molecule has 0 unspecified atom stereocenters. The summed E-state index contributed by atoms with van der Waals surface area (Å²) < 4.78 is 10.3. The van der Waals surface area contributed by atoms with Gasteiger partial charge < -0.3 is 19.8 Å². The number of amides is 1. The summed E-state index contributed by atoms with van der Waals surface area (Å²) in [5, 5.41) is 2.81. The van der Waals surface area contributed by atoms with Crippen LogP contribution in [-0.4, -0.2) is 36.6 Å². The highest BCUT2D eigenvalue weighted by molar-refractivity contribution is 5.93. The molecule has 7 nitrogen and oxygen atoms in total. The van der Waals surface area contributed by atoms with Crippen molar-refractivity contribution in [2.24, 2.45) is 0 Å². The Balaban J connectivity index is 1.69. The Morgan fingerprint density at radius 3 is 2.50 bits per heavy atom. The maximum atomic E-state index is 12.4.